The molecule has 0 aromatic carbocycles. The Bertz CT molecular complexity index is 385. The Kier molecular flexibility index (Phi) is 4.40. The average Bonchev–Trinajstić information content (AvgIpc) is 2.92. The normalized spacial score (nSPS) is 25.6. The topological polar surface area (TPSA) is 55.9 Å². The Morgan fingerprint density at radius 1 is 1.56 bits per heavy atom. The molecular weight excluding hydrogens is 224 g/mol. The highest BCUT2D eigenvalue weighted by Crippen LogP contribution is 2.34. The molecule has 3 unspecified atom stereocenters. The summed E-state index contributed by atoms with van der Waals surface area (Å²) in [5, 5.41) is 4.51. The van der Waals surface area contributed by atoms with Gasteiger partial charge in [0.2, 0.25) is 0 Å². The minimum atomic E-state index is 0.379. The summed E-state index contributed by atoms with van der Waals surface area (Å²) in [6, 6.07) is 2.57. The maximum absolute atomic E-state index is 5.78. The van der Waals surface area contributed by atoms with E-state index < -0.39 is 0 Å². The first-order valence-corrected chi connectivity index (χ1v) is 7.15. The molecule has 18 heavy (non-hydrogen) atoms. The number of nitrogens with two attached hydrogens (primary N) is 1. The first-order chi connectivity index (χ1) is 8.65. The largest absolute Gasteiger partial charge is 0.271 e. The van der Waals surface area contributed by atoms with Crippen LogP contribution in [-0.2, 0) is 13.0 Å². The molecule has 0 aliphatic heterocycles. The van der Waals surface area contributed by atoms with Crippen LogP contribution in [0.25, 0.3) is 0 Å². The molecule has 4 nitrogen and oxygen atoms in total. The predicted molar refractivity (Wildman–Crippen MR) is 74.0 cm³/mol. The number of rotatable bonds is 5. The lowest BCUT2D eigenvalue weighted by Crippen LogP contribution is -2.43. The fraction of sp³-hybridized carbons (Fsp3) is 0.786. The highest BCUT2D eigenvalue weighted by Gasteiger charge is 2.30. The Labute approximate surface area is 110 Å². The Morgan fingerprint density at radius 2 is 2.33 bits per heavy atom. The lowest BCUT2D eigenvalue weighted by molar-refractivity contribution is 0.293. The smallest absolute Gasteiger partial charge is 0.0596 e. The number of nitrogens with zero attached hydrogens (tertiary/aromatic N) is 2. The van der Waals surface area contributed by atoms with Crippen molar-refractivity contribution in [2.24, 2.45) is 17.7 Å². The highest BCUT2D eigenvalue weighted by molar-refractivity contribution is 5.11. The van der Waals surface area contributed by atoms with Crippen LogP contribution in [0.1, 0.15) is 44.5 Å². The number of aromatic nitrogens is 2. The van der Waals surface area contributed by atoms with Crippen LogP contribution >= 0.6 is 0 Å². The fourth-order valence-electron chi connectivity index (χ4n) is 3.37. The van der Waals surface area contributed by atoms with Crippen molar-refractivity contribution in [3.05, 3.63) is 17.5 Å². The van der Waals surface area contributed by atoms with Gasteiger partial charge in [0, 0.05) is 24.7 Å². The molecule has 1 fully saturated rings. The Hall–Kier alpha value is -0.870. The van der Waals surface area contributed by atoms with Crippen LogP contribution in [-0.4, -0.2) is 15.8 Å². The van der Waals surface area contributed by atoms with Crippen LogP contribution in [0, 0.1) is 18.8 Å². The zero-order valence-corrected chi connectivity index (χ0v) is 11.8. The van der Waals surface area contributed by atoms with Gasteiger partial charge in [0.05, 0.1) is 5.69 Å². The minimum absolute atomic E-state index is 0.379. The van der Waals surface area contributed by atoms with Crippen molar-refractivity contribution in [2.45, 2.75) is 59.0 Å². The minimum Gasteiger partial charge on any atom is -0.271 e. The van der Waals surface area contributed by atoms with Crippen LogP contribution in [0.5, 0.6) is 0 Å². The van der Waals surface area contributed by atoms with E-state index in [9.17, 15) is 0 Å². The summed E-state index contributed by atoms with van der Waals surface area (Å²) in [6.45, 7) is 7.48. The highest BCUT2D eigenvalue weighted by atomic mass is 15.3. The summed E-state index contributed by atoms with van der Waals surface area (Å²) in [4.78, 5) is 0. The van der Waals surface area contributed by atoms with E-state index in [2.05, 4.69) is 42.0 Å². The van der Waals surface area contributed by atoms with Crippen LogP contribution in [0.3, 0.4) is 0 Å². The van der Waals surface area contributed by atoms with Gasteiger partial charge in [-0.3, -0.25) is 16.0 Å². The van der Waals surface area contributed by atoms with E-state index in [0.717, 1.165) is 24.6 Å². The molecular formula is C14H26N4. The molecule has 1 aromatic heterocycles. The second-order valence-electron chi connectivity index (χ2n) is 5.64. The third-order valence-corrected chi connectivity index (χ3v) is 4.37. The zero-order valence-electron chi connectivity index (χ0n) is 11.8. The van der Waals surface area contributed by atoms with Crippen LogP contribution < -0.4 is 11.3 Å². The predicted octanol–water partition coefficient (Wildman–Crippen LogP) is 2.02. The molecule has 1 aromatic rings. The van der Waals surface area contributed by atoms with Gasteiger partial charge in [-0.2, -0.15) is 5.10 Å². The monoisotopic (exact) mass is 250 g/mol. The molecule has 1 aliphatic carbocycles. The number of nitrogens with one attached hydrogen (secondary N) is 1. The molecule has 0 saturated heterocycles. The summed E-state index contributed by atoms with van der Waals surface area (Å²) < 4.78 is 2.10. The molecule has 0 radical (unpaired) electrons. The summed E-state index contributed by atoms with van der Waals surface area (Å²) in [7, 11) is 0. The van der Waals surface area contributed by atoms with Gasteiger partial charge in [-0.25, -0.2) is 0 Å². The maximum Gasteiger partial charge on any atom is 0.0596 e. The second kappa shape index (κ2) is 5.85. The molecule has 2 rings (SSSR count). The second-order valence-corrected chi connectivity index (χ2v) is 5.64. The van der Waals surface area contributed by atoms with Gasteiger partial charge in [0.25, 0.3) is 0 Å². The molecule has 0 spiro atoms. The maximum atomic E-state index is 5.78. The van der Waals surface area contributed by atoms with Crippen LogP contribution in [0.4, 0.5) is 0 Å². The summed E-state index contributed by atoms with van der Waals surface area (Å²) in [6.07, 6.45) is 4.97. The van der Waals surface area contributed by atoms with Gasteiger partial charge in [-0.05, 0) is 38.2 Å². The zero-order chi connectivity index (χ0) is 13.1. The van der Waals surface area contributed by atoms with E-state index in [0.29, 0.717) is 12.0 Å². The number of hydrazine groups is 1. The van der Waals surface area contributed by atoms with Crippen LogP contribution in [0.15, 0.2) is 6.07 Å². The number of aryl methyl sites for hydroxylation is 2. The van der Waals surface area contributed by atoms with Crippen molar-refractivity contribution in [3.63, 3.8) is 0 Å². The fourth-order valence-corrected chi connectivity index (χ4v) is 3.37. The van der Waals surface area contributed by atoms with E-state index in [4.69, 9.17) is 5.84 Å². The third kappa shape index (κ3) is 2.75. The Morgan fingerprint density at radius 3 is 2.89 bits per heavy atom. The van der Waals surface area contributed by atoms with Gasteiger partial charge in [-0.15, -0.1) is 0 Å². The lowest BCUT2D eigenvalue weighted by atomic mass is 9.88. The molecule has 4 heteroatoms. The van der Waals surface area contributed by atoms with Crippen molar-refractivity contribution in [2.75, 3.05) is 0 Å². The standard InChI is InChI=1S/C14H26N4/c1-4-18-12(8-11(3)17-18)9-14(16-15)13-7-5-6-10(13)2/h8,10,13-14,16H,4-7,9,15H2,1-3H3. The quantitative estimate of drug-likeness (QED) is 0.621. The first kappa shape index (κ1) is 13.6. The van der Waals surface area contributed by atoms with E-state index in [-0.39, 0.29) is 0 Å². The van der Waals surface area contributed by atoms with Crippen molar-refractivity contribution >= 4 is 0 Å². The van der Waals surface area contributed by atoms with Crippen LogP contribution in [0.2, 0.25) is 0 Å². The molecule has 3 N–H and O–H groups in total. The van der Waals surface area contributed by atoms with E-state index in [1.54, 1.807) is 0 Å². The van der Waals surface area contributed by atoms with E-state index in [1.165, 1.54) is 25.0 Å². The molecule has 3 atom stereocenters. The SMILES string of the molecule is CCn1nc(C)cc1CC(NN)C1CCCC1C. The molecule has 1 saturated carbocycles. The van der Waals surface area contributed by atoms with Crippen molar-refractivity contribution in [3.8, 4) is 0 Å². The third-order valence-electron chi connectivity index (χ3n) is 4.37. The molecule has 0 amide bonds. The molecule has 1 aliphatic rings. The van der Waals surface area contributed by atoms with Gasteiger partial charge < -0.3 is 0 Å². The van der Waals surface area contributed by atoms with Gasteiger partial charge in [0.15, 0.2) is 0 Å². The number of hydrogen-bond donors (Lipinski definition) is 2. The first-order valence-electron chi connectivity index (χ1n) is 7.15. The van der Waals surface area contributed by atoms with E-state index >= 15 is 0 Å². The van der Waals surface area contributed by atoms with Crippen molar-refractivity contribution in [1.82, 2.24) is 15.2 Å². The summed E-state index contributed by atoms with van der Waals surface area (Å²) in [5.41, 5.74) is 5.44. The molecule has 102 valence electrons. The molecule has 1 heterocycles. The van der Waals surface area contributed by atoms with Crippen molar-refractivity contribution < 1.29 is 0 Å². The lowest BCUT2D eigenvalue weighted by Gasteiger charge is -2.26. The van der Waals surface area contributed by atoms with E-state index in [1.807, 2.05) is 0 Å². The van der Waals surface area contributed by atoms with Gasteiger partial charge >= 0.3 is 0 Å². The average molecular weight is 250 g/mol. The number of hydrogen-bond acceptors (Lipinski definition) is 3. The van der Waals surface area contributed by atoms with Gasteiger partial charge in [-0.1, -0.05) is 19.8 Å². The molecule has 0 bridgehead atoms. The Balaban J connectivity index is 2.09. The van der Waals surface area contributed by atoms with Crippen molar-refractivity contribution in [1.29, 1.82) is 0 Å². The van der Waals surface area contributed by atoms with Gasteiger partial charge in [0.1, 0.15) is 0 Å². The summed E-state index contributed by atoms with van der Waals surface area (Å²) >= 11 is 0. The summed E-state index contributed by atoms with van der Waals surface area (Å²) in [5.74, 6) is 7.27.